The first-order chi connectivity index (χ1) is 11.2. The molecular formula is C18H22ClN3O. The Labute approximate surface area is 142 Å². The predicted octanol–water partition coefficient (Wildman–Crippen LogP) is 4.34. The molecular weight excluding hydrogens is 310 g/mol. The zero-order chi connectivity index (χ0) is 16.7. The van der Waals surface area contributed by atoms with Gasteiger partial charge in [-0.15, -0.1) is 0 Å². The van der Waals surface area contributed by atoms with Gasteiger partial charge in [-0.3, -0.25) is 0 Å². The van der Waals surface area contributed by atoms with Crippen molar-refractivity contribution in [2.45, 2.75) is 32.7 Å². The molecule has 1 aromatic rings. The molecule has 0 fully saturated rings. The highest BCUT2D eigenvalue weighted by molar-refractivity contribution is 6.43. The van der Waals surface area contributed by atoms with E-state index in [1.807, 2.05) is 31.3 Å². The predicted molar refractivity (Wildman–Crippen MR) is 93.0 cm³/mol. The van der Waals surface area contributed by atoms with Crippen molar-refractivity contribution in [1.29, 1.82) is 0 Å². The summed E-state index contributed by atoms with van der Waals surface area (Å²) in [5.74, 6) is 0.800. The largest absolute Gasteiger partial charge is 0.495 e. The van der Waals surface area contributed by atoms with E-state index in [9.17, 15) is 0 Å². The summed E-state index contributed by atoms with van der Waals surface area (Å²) in [6.07, 6.45) is 4.27. The van der Waals surface area contributed by atoms with Crippen LogP contribution in [0.3, 0.4) is 0 Å². The summed E-state index contributed by atoms with van der Waals surface area (Å²) in [5, 5.41) is 0.449. The first-order valence-corrected chi connectivity index (χ1v) is 8.23. The molecule has 0 amide bonds. The second-order valence-corrected chi connectivity index (χ2v) is 5.98. The number of ether oxygens (including phenoxy) is 1. The Morgan fingerprint density at radius 1 is 1.30 bits per heavy atom. The van der Waals surface area contributed by atoms with Gasteiger partial charge in [0.2, 0.25) is 0 Å². The van der Waals surface area contributed by atoms with E-state index < -0.39 is 0 Å². The lowest BCUT2D eigenvalue weighted by Gasteiger charge is -2.25. The Morgan fingerprint density at radius 2 is 2.04 bits per heavy atom. The molecule has 4 nitrogen and oxygen atoms in total. The van der Waals surface area contributed by atoms with Crippen LogP contribution >= 0.6 is 11.6 Å². The minimum atomic E-state index is 0.407. The van der Waals surface area contributed by atoms with Crippen molar-refractivity contribution in [2.24, 2.45) is 0 Å². The maximum Gasteiger partial charge on any atom is 0.318 e. The standard InChI is InChI=1S/C18H22ClN3O/c1-3-4-10-23-18-12-16(21-20)15(19)11-17(18)22(2)13-14-8-6-5-7-9-14/h5-9,11H,3-4,10,12-13H2,1-2H3. The fourth-order valence-corrected chi connectivity index (χ4v) is 2.63. The fourth-order valence-electron chi connectivity index (χ4n) is 2.42. The maximum absolute atomic E-state index is 9.08. The van der Waals surface area contributed by atoms with E-state index in [-0.39, 0.29) is 0 Å². The van der Waals surface area contributed by atoms with Crippen LogP contribution < -0.4 is 0 Å². The van der Waals surface area contributed by atoms with E-state index in [0.29, 0.717) is 23.8 Å². The number of likely N-dealkylation sites (N-methyl/N-ethyl adjacent to an activating group) is 1. The number of allylic oxidation sites excluding steroid dienone is 3. The minimum absolute atomic E-state index is 0.407. The van der Waals surface area contributed by atoms with Gasteiger partial charge >= 0.3 is 5.71 Å². The van der Waals surface area contributed by atoms with Crippen molar-refractivity contribution >= 4 is 17.3 Å². The van der Waals surface area contributed by atoms with E-state index >= 15 is 0 Å². The first-order valence-electron chi connectivity index (χ1n) is 7.85. The average molecular weight is 332 g/mol. The van der Waals surface area contributed by atoms with Crippen LogP contribution in [0.15, 0.2) is 52.9 Å². The van der Waals surface area contributed by atoms with E-state index in [1.54, 1.807) is 0 Å². The summed E-state index contributed by atoms with van der Waals surface area (Å²) in [7, 11) is 2.01. The molecule has 0 aliphatic heterocycles. The van der Waals surface area contributed by atoms with Gasteiger partial charge in [-0.1, -0.05) is 55.3 Å². The molecule has 1 aliphatic rings. The molecule has 0 saturated heterocycles. The molecule has 5 heteroatoms. The Morgan fingerprint density at radius 3 is 2.70 bits per heavy atom. The minimum Gasteiger partial charge on any atom is -0.495 e. The van der Waals surface area contributed by atoms with Crippen LogP contribution in [0.1, 0.15) is 31.7 Å². The number of hydrogen-bond acceptors (Lipinski definition) is 2. The number of nitrogens with zero attached hydrogens (tertiary/aromatic N) is 3. The van der Waals surface area contributed by atoms with Gasteiger partial charge in [0.05, 0.1) is 12.3 Å². The van der Waals surface area contributed by atoms with E-state index in [2.05, 4.69) is 28.7 Å². The van der Waals surface area contributed by atoms with Crippen LogP contribution in [0, 0.1) is 0 Å². The SMILES string of the molecule is CCCCOC1=C(N(C)Cc2ccccc2)C=C(Cl)C(=[N+]=[N-])C1. The number of halogens is 1. The summed E-state index contributed by atoms with van der Waals surface area (Å²) >= 11 is 6.21. The van der Waals surface area contributed by atoms with Crippen LogP contribution in [-0.4, -0.2) is 29.1 Å². The van der Waals surface area contributed by atoms with Gasteiger partial charge in [-0.25, -0.2) is 0 Å². The lowest BCUT2D eigenvalue weighted by molar-refractivity contribution is -0.00757. The third-order valence-electron chi connectivity index (χ3n) is 3.72. The fraction of sp³-hybridized carbons (Fsp3) is 0.389. The van der Waals surface area contributed by atoms with Crippen molar-refractivity contribution in [1.82, 2.24) is 4.90 Å². The van der Waals surface area contributed by atoms with Gasteiger partial charge < -0.3 is 15.2 Å². The van der Waals surface area contributed by atoms with Crippen molar-refractivity contribution in [3.05, 3.63) is 64.0 Å². The lowest BCUT2D eigenvalue weighted by atomic mass is 10.1. The molecule has 0 spiro atoms. The topological polar surface area (TPSA) is 48.9 Å². The van der Waals surface area contributed by atoms with Gasteiger partial charge in [-0.2, -0.15) is 4.79 Å². The second kappa shape index (κ2) is 8.56. The Balaban J connectivity index is 2.22. The van der Waals surface area contributed by atoms with Gasteiger partial charge in [0, 0.05) is 13.6 Å². The third-order valence-corrected chi connectivity index (χ3v) is 4.05. The Hall–Kier alpha value is -2.03. The highest BCUT2D eigenvalue weighted by Gasteiger charge is 2.27. The normalized spacial score (nSPS) is 14.4. The summed E-state index contributed by atoms with van der Waals surface area (Å²) in [4.78, 5) is 5.37. The molecule has 23 heavy (non-hydrogen) atoms. The van der Waals surface area contributed by atoms with E-state index in [1.165, 1.54) is 5.56 Å². The molecule has 0 N–H and O–H groups in total. The van der Waals surface area contributed by atoms with E-state index in [0.717, 1.165) is 30.8 Å². The maximum atomic E-state index is 9.08. The summed E-state index contributed by atoms with van der Waals surface area (Å²) in [6.45, 7) is 3.53. The number of rotatable bonds is 7. The molecule has 0 saturated carbocycles. The number of benzene rings is 1. The number of unbranched alkanes of at least 4 members (excludes halogenated alkanes) is 1. The van der Waals surface area contributed by atoms with Crippen molar-refractivity contribution in [3.8, 4) is 0 Å². The Kier molecular flexibility index (Phi) is 6.45. The first kappa shape index (κ1) is 17.3. The zero-order valence-electron chi connectivity index (χ0n) is 13.6. The van der Waals surface area contributed by atoms with Crippen LogP contribution in [0.4, 0.5) is 0 Å². The second-order valence-electron chi connectivity index (χ2n) is 5.57. The molecule has 1 aliphatic carbocycles. The molecule has 0 atom stereocenters. The van der Waals surface area contributed by atoms with Gasteiger partial charge in [0.15, 0.2) is 0 Å². The lowest BCUT2D eigenvalue weighted by Crippen LogP contribution is -2.23. The van der Waals surface area contributed by atoms with Crippen LogP contribution in [-0.2, 0) is 11.3 Å². The van der Waals surface area contributed by atoms with Crippen LogP contribution in [0.2, 0.25) is 0 Å². The van der Waals surface area contributed by atoms with Gasteiger partial charge in [0.1, 0.15) is 17.2 Å². The third kappa shape index (κ3) is 4.72. The highest BCUT2D eigenvalue weighted by atomic mass is 35.5. The van der Waals surface area contributed by atoms with Crippen molar-refractivity contribution in [3.63, 3.8) is 0 Å². The van der Waals surface area contributed by atoms with E-state index in [4.69, 9.17) is 21.9 Å². The quantitative estimate of drug-likeness (QED) is 0.424. The zero-order valence-corrected chi connectivity index (χ0v) is 14.4. The van der Waals surface area contributed by atoms with Gasteiger partial charge in [0.25, 0.3) is 0 Å². The Bertz CT molecular complexity index is 645. The molecule has 2 rings (SSSR count). The smallest absolute Gasteiger partial charge is 0.318 e. The summed E-state index contributed by atoms with van der Waals surface area (Å²) in [6, 6.07) is 10.2. The molecule has 0 bridgehead atoms. The van der Waals surface area contributed by atoms with Crippen molar-refractivity contribution in [2.75, 3.05) is 13.7 Å². The average Bonchev–Trinajstić information content (AvgIpc) is 2.57. The van der Waals surface area contributed by atoms with Crippen LogP contribution in [0.25, 0.3) is 5.53 Å². The van der Waals surface area contributed by atoms with Gasteiger partial charge in [-0.05, 0) is 18.1 Å². The highest BCUT2D eigenvalue weighted by Crippen LogP contribution is 2.27. The monoisotopic (exact) mass is 331 g/mol. The summed E-state index contributed by atoms with van der Waals surface area (Å²) in [5.41, 5.74) is 11.7. The van der Waals surface area contributed by atoms with Crippen LogP contribution in [0.5, 0.6) is 0 Å². The molecule has 122 valence electrons. The molecule has 0 unspecified atom stereocenters. The van der Waals surface area contributed by atoms with Crippen molar-refractivity contribution < 1.29 is 9.53 Å². The molecule has 1 aromatic carbocycles. The molecule has 0 radical (unpaired) electrons. The summed E-state index contributed by atoms with van der Waals surface area (Å²) < 4.78 is 5.92. The number of hydrogen-bond donors (Lipinski definition) is 0. The molecule has 0 aromatic heterocycles. The molecule has 0 heterocycles.